The summed E-state index contributed by atoms with van der Waals surface area (Å²) in [5.74, 6) is -0.307. The number of benzene rings is 1. The summed E-state index contributed by atoms with van der Waals surface area (Å²) in [5.41, 5.74) is 1.78. The number of esters is 1. The van der Waals surface area contributed by atoms with Crippen molar-refractivity contribution in [1.29, 1.82) is 0 Å². The first-order chi connectivity index (χ1) is 10.8. The van der Waals surface area contributed by atoms with Gasteiger partial charge in [-0.1, -0.05) is 15.9 Å². The number of halogens is 1. The number of hydrogen-bond acceptors (Lipinski definition) is 4. The molecule has 1 amide bonds. The van der Waals surface area contributed by atoms with Crippen molar-refractivity contribution >= 4 is 27.8 Å². The molecule has 0 fully saturated rings. The Balaban J connectivity index is 2.53. The monoisotopic (exact) mass is 381 g/mol. The van der Waals surface area contributed by atoms with E-state index >= 15 is 0 Å². The van der Waals surface area contributed by atoms with E-state index in [0.29, 0.717) is 17.0 Å². The van der Waals surface area contributed by atoms with Crippen molar-refractivity contribution in [3.05, 3.63) is 39.5 Å². The van der Waals surface area contributed by atoms with Crippen LogP contribution in [0.15, 0.2) is 33.9 Å². The standard InChI is InChI=1S/C17H20BrNO4/c1-9(2)23-17(21)16-10(3)19-15(20)8-13(16)12-7-11(18)5-6-14(12)22-4/h5-7,9,13H,8H2,1-4H3,(H,19,20). The number of carbonyl (C=O) groups is 2. The summed E-state index contributed by atoms with van der Waals surface area (Å²) in [6.07, 6.45) is -0.0577. The third-order valence-electron chi connectivity index (χ3n) is 3.60. The maximum absolute atomic E-state index is 12.5. The minimum atomic E-state index is -0.412. The fourth-order valence-electron chi connectivity index (χ4n) is 2.69. The van der Waals surface area contributed by atoms with Gasteiger partial charge in [-0.2, -0.15) is 0 Å². The molecule has 0 radical (unpaired) electrons. The Morgan fingerprint density at radius 3 is 2.70 bits per heavy atom. The van der Waals surface area contributed by atoms with Crippen molar-refractivity contribution in [1.82, 2.24) is 5.32 Å². The Morgan fingerprint density at radius 1 is 1.39 bits per heavy atom. The molecule has 0 aliphatic carbocycles. The van der Waals surface area contributed by atoms with E-state index in [9.17, 15) is 9.59 Å². The summed E-state index contributed by atoms with van der Waals surface area (Å²) < 4.78 is 11.6. The zero-order chi connectivity index (χ0) is 17.1. The molecular formula is C17H20BrNO4. The first-order valence-electron chi connectivity index (χ1n) is 7.38. The topological polar surface area (TPSA) is 64.6 Å². The van der Waals surface area contributed by atoms with Gasteiger partial charge in [0.25, 0.3) is 0 Å². The van der Waals surface area contributed by atoms with E-state index in [1.165, 1.54) is 0 Å². The van der Waals surface area contributed by atoms with Crippen molar-refractivity contribution < 1.29 is 19.1 Å². The molecular weight excluding hydrogens is 362 g/mol. The number of amides is 1. The van der Waals surface area contributed by atoms with Crippen LogP contribution in [0.5, 0.6) is 5.75 Å². The summed E-state index contributed by atoms with van der Waals surface area (Å²) in [6, 6.07) is 5.54. The van der Waals surface area contributed by atoms with E-state index in [4.69, 9.17) is 9.47 Å². The zero-order valence-corrected chi connectivity index (χ0v) is 15.2. The Hall–Kier alpha value is -1.82. The normalized spacial score (nSPS) is 18.0. The highest BCUT2D eigenvalue weighted by molar-refractivity contribution is 9.10. The Labute approximate surface area is 144 Å². The van der Waals surface area contributed by atoms with Crippen molar-refractivity contribution in [2.24, 2.45) is 0 Å². The largest absolute Gasteiger partial charge is 0.496 e. The summed E-state index contributed by atoms with van der Waals surface area (Å²) in [6.45, 7) is 5.30. The van der Waals surface area contributed by atoms with E-state index in [2.05, 4.69) is 21.2 Å². The SMILES string of the molecule is COc1ccc(Br)cc1C1CC(=O)NC(C)=C1C(=O)OC(C)C. The van der Waals surface area contributed by atoms with E-state index in [1.54, 1.807) is 27.9 Å². The Kier molecular flexibility index (Phi) is 5.46. The number of rotatable bonds is 4. The van der Waals surface area contributed by atoms with E-state index in [-0.39, 0.29) is 18.4 Å². The third kappa shape index (κ3) is 3.93. The summed E-state index contributed by atoms with van der Waals surface area (Å²) in [5, 5.41) is 2.72. The van der Waals surface area contributed by atoms with Gasteiger partial charge in [0.15, 0.2) is 0 Å². The van der Waals surface area contributed by atoms with Gasteiger partial charge < -0.3 is 14.8 Å². The van der Waals surface area contributed by atoms with Crippen LogP contribution in [0.3, 0.4) is 0 Å². The molecule has 1 heterocycles. The second-order valence-corrected chi connectivity index (χ2v) is 6.60. The van der Waals surface area contributed by atoms with Crippen LogP contribution in [0.4, 0.5) is 0 Å². The molecule has 1 aromatic carbocycles. The smallest absolute Gasteiger partial charge is 0.336 e. The van der Waals surface area contributed by atoms with E-state index in [0.717, 1.165) is 10.0 Å². The van der Waals surface area contributed by atoms with Gasteiger partial charge in [-0.3, -0.25) is 4.79 Å². The lowest BCUT2D eigenvalue weighted by atomic mass is 9.84. The molecule has 5 nitrogen and oxygen atoms in total. The van der Waals surface area contributed by atoms with Crippen molar-refractivity contribution in [2.75, 3.05) is 7.11 Å². The van der Waals surface area contributed by atoms with Gasteiger partial charge in [-0.25, -0.2) is 4.79 Å². The molecule has 0 saturated heterocycles. The first kappa shape index (κ1) is 17.5. The van der Waals surface area contributed by atoms with Gasteiger partial charge in [-0.05, 0) is 39.0 Å². The van der Waals surface area contributed by atoms with Crippen LogP contribution in [0.1, 0.15) is 38.7 Å². The number of methoxy groups -OCH3 is 1. The van der Waals surface area contributed by atoms with Crippen LogP contribution < -0.4 is 10.1 Å². The lowest BCUT2D eigenvalue weighted by molar-refractivity contribution is -0.143. The molecule has 124 valence electrons. The number of ether oxygens (including phenoxy) is 2. The van der Waals surface area contributed by atoms with Crippen molar-refractivity contribution in [3.8, 4) is 5.75 Å². The third-order valence-corrected chi connectivity index (χ3v) is 4.09. The van der Waals surface area contributed by atoms with E-state index < -0.39 is 11.9 Å². The maximum Gasteiger partial charge on any atom is 0.336 e. The molecule has 1 atom stereocenters. The van der Waals surface area contributed by atoms with Gasteiger partial charge >= 0.3 is 5.97 Å². The fraction of sp³-hybridized carbons (Fsp3) is 0.412. The predicted molar refractivity (Wildman–Crippen MR) is 90.1 cm³/mol. The molecule has 1 unspecified atom stereocenters. The quantitative estimate of drug-likeness (QED) is 0.812. The molecule has 1 aliphatic rings. The molecule has 0 saturated carbocycles. The molecule has 1 N–H and O–H groups in total. The minimum absolute atomic E-state index is 0.129. The highest BCUT2D eigenvalue weighted by Crippen LogP contribution is 2.39. The van der Waals surface area contributed by atoms with Crippen LogP contribution in [0, 0.1) is 0 Å². The number of allylic oxidation sites excluding steroid dienone is 1. The predicted octanol–water partition coefficient (Wildman–Crippen LogP) is 3.29. The lowest BCUT2D eigenvalue weighted by Crippen LogP contribution is -2.34. The van der Waals surface area contributed by atoms with Crippen LogP contribution in [-0.2, 0) is 14.3 Å². The van der Waals surface area contributed by atoms with Gasteiger partial charge in [-0.15, -0.1) is 0 Å². The van der Waals surface area contributed by atoms with Crippen molar-refractivity contribution in [2.45, 2.75) is 39.2 Å². The number of hydrogen-bond donors (Lipinski definition) is 1. The van der Waals surface area contributed by atoms with Gasteiger partial charge in [0.2, 0.25) is 5.91 Å². The molecule has 0 bridgehead atoms. The number of nitrogens with one attached hydrogen (secondary N) is 1. The van der Waals surface area contributed by atoms with E-state index in [1.807, 2.05) is 18.2 Å². The average molecular weight is 382 g/mol. The average Bonchev–Trinajstić information content (AvgIpc) is 2.45. The summed E-state index contributed by atoms with van der Waals surface area (Å²) in [7, 11) is 1.57. The molecule has 1 aromatic rings. The van der Waals surface area contributed by atoms with Crippen LogP contribution in [0.2, 0.25) is 0 Å². The second kappa shape index (κ2) is 7.17. The molecule has 23 heavy (non-hydrogen) atoms. The highest BCUT2D eigenvalue weighted by Gasteiger charge is 2.34. The van der Waals surface area contributed by atoms with Crippen LogP contribution >= 0.6 is 15.9 Å². The van der Waals surface area contributed by atoms with Crippen molar-refractivity contribution in [3.63, 3.8) is 0 Å². The van der Waals surface area contributed by atoms with Gasteiger partial charge in [0.1, 0.15) is 5.75 Å². The summed E-state index contributed by atoms with van der Waals surface area (Å²) in [4.78, 5) is 24.5. The molecule has 1 aliphatic heterocycles. The first-order valence-corrected chi connectivity index (χ1v) is 8.17. The highest BCUT2D eigenvalue weighted by atomic mass is 79.9. The minimum Gasteiger partial charge on any atom is -0.496 e. The molecule has 2 rings (SSSR count). The van der Waals surface area contributed by atoms with Gasteiger partial charge in [0.05, 0.1) is 18.8 Å². The Morgan fingerprint density at radius 2 is 2.09 bits per heavy atom. The lowest BCUT2D eigenvalue weighted by Gasteiger charge is -2.28. The molecule has 6 heteroatoms. The van der Waals surface area contributed by atoms with Crippen LogP contribution in [-0.4, -0.2) is 25.1 Å². The zero-order valence-electron chi connectivity index (χ0n) is 13.6. The van der Waals surface area contributed by atoms with Crippen LogP contribution in [0.25, 0.3) is 0 Å². The van der Waals surface area contributed by atoms with Gasteiger partial charge in [0, 0.05) is 28.1 Å². The molecule has 0 aromatic heterocycles. The second-order valence-electron chi connectivity index (χ2n) is 5.68. The Bertz CT molecular complexity index is 667. The molecule has 0 spiro atoms. The summed E-state index contributed by atoms with van der Waals surface area (Å²) >= 11 is 3.43. The maximum atomic E-state index is 12.5. The fourth-order valence-corrected chi connectivity index (χ4v) is 3.07. The number of carbonyl (C=O) groups excluding carboxylic acids is 2.